The highest BCUT2D eigenvalue weighted by molar-refractivity contribution is 6.34. The Balaban J connectivity index is 0.000000610. The summed E-state index contributed by atoms with van der Waals surface area (Å²) in [5, 5.41) is 20.5. The lowest BCUT2D eigenvalue weighted by Gasteiger charge is -2.36. The normalized spacial score (nSPS) is 11.8. The largest absolute Gasteiger partial charge is 0.478 e. The molecule has 0 unspecified atom stereocenters. The summed E-state index contributed by atoms with van der Waals surface area (Å²) in [5.74, 6) is -2.61. The summed E-state index contributed by atoms with van der Waals surface area (Å²) < 4.78 is 3.07. The smallest absolute Gasteiger partial charge is 0.349 e. The van der Waals surface area contributed by atoms with Crippen molar-refractivity contribution >= 4 is 35.0 Å². The van der Waals surface area contributed by atoms with Crippen molar-refractivity contribution in [1.29, 1.82) is 0 Å². The van der Waals surface area contributed by atoms with Gasteiger partial charge in [-0.2, -0.15) is 9.61 Å². The molecule has 238 valence electrons. The highest BCUT2D eigenvalue weighted by Crippen LogP contribution is 2.32. The van der Waals surface area contributed by atoms with E-state index in [0.29, 0.717) is 60.0 Å². The number of carboxylic acids is 2. The van der Waals surface area contributed by atoms with Crippen molar-refractivity contribution in [1.82, 2.24) is 19.1 Å². The lowest BCUT2D eigenvalue weighted by atomic mass is 9.96. The van der Waals surface area contributed by atoms with Gasteiger partial charge in [0.2, 0.25) is 0 Å². The molecule has 4 N–H and O–H groups in total. The predicted molar refractivity (Wildman–Crippen MR) is 173 cm³/mol. The number of aromatic nitrogens is 3. The number of carbonyl (C=O) groups is 3. The van der Waals surface area contributed by atoms with Gasteiger partial charge in [-0.1, -0.05) is 73.5 Å². The molecule has 4 rings (SSSR count). The van der Waals surface area contributed by atoms with Gasteiger partial charge in [0.05, 0.1) is 28.8 Å². The molecule has 4 aromatic rings. The van der Waals surface area contributed by atoms with Crippen molar-refractivity contribution in [2.75, 3.05) is 13.1 Å². The number of nitrogens with zero attached hydrogens (tertiary/aromatic N) is 4. The number of aryl methyl sites for hydroxylation is 2. The zero-order chi connectivity index (χ0) is 33.3. The fourth-order valence-electron chi connectivity index (χ4n) is 4.90. The van der Waals surface area contributed by atoms with Crippen molar-refractivity contribution in [2.45, 2.75) is 46.7 Å². The molecule has 0 radical (unpaired) electrons. The van der Waals surface area contributed by atoms with Crippen LogP contribution in [0.3, 0.4) is 0 Å². The SMILES string of the molecule is Cc1ccc(C(=O)N(CCCN)[C@@H](c2cc3c(Cl)c(C)nn3c(=O)n2Cc2ccccc2)C(C)C)cc1.O=C(O)C=CC(=O)O. The molecular weight excluding hydrogens is 598 g/mol. The molecule has 0 aliphatic carbocycles. The summed E-state index contributed by atoms with van der Waals surface area (Å²) in [5.41, 5.74) is 10.1. The minimum Gasteiger partial charge on any atom is -0.478 e. The Kier molecular flexibility index (Phi) is 12.2. The number of halogens is 1. The molecule has 0 aliphatic rings. The Morgan fingerprint density at radius 2 is 1.60 bits per heavy atom. The van der Waals surface area contributed by atoms with Gasteiger partial charge in [0.15, 0.2) is 0 Å². The van der Waals surface area contributed by atoms with Crippen LogP contribution in [0.4, 0.5) is 0 Å². The molecule has 0 fully saturated rings. The number of amides is 1. The molecule has 0 saturated carbocycles. The third-order valence-electron chi connectivity index (χ3n) is 7.01. The average molecular weight is 636 g/mol. The first-order valence-electron chi connectivity index (χ1n) is 14.4. The van der Waals surface area contributed by atoms with Crippen molar-refractivity contribution in [2.24, 2.45) is 11.7 Å². The second-order valence-electron chi connectivity index (χ2n) is 10.8. The number of carboxylic acid groups (broad SMARTS) is 2. The standard InChI is InChI=1S/C29H34ClN5O2.C4H4O4/c1-19(2)27(33(16-8-15-31)28(36)23-13-11-20(3)12-14-23)25-17-24-26(30)21(4)32-35(24)29(37)34(25)18-22-9-6-5-7-10-22;5-3(6)1-2-4(7)8/h5-7,9-14,17,19,27H,8,15-16,18,31H2,1-4H3;1-2H,(H,5,6)(H,7,8)/t27-;/m1./s1. The molecule has 0 saturated heterocycles. The maximum Gasteiger partial charge on any atom is 0.349 e. The van der Waals surface area contributed by atoms with Gasteiger partial charge in [0.1, 0.15) is 0 Å². The van der Waals surface area contributed by atoms with Crippen molar-refractivity contribution < 1.29 is 24.6 Å². The summed E-state index contributed by atoms with van der Waals surface area (Å²) in [4.78, 5) is 48.7. The van der Waals surface area contributed by atoms with E-state index in [1.165, 1.54) is 4.52 Å². The average Bonchev–Trinajstić information content (AvgIpc) is 3.29. The highest BCUT2D eigenvalue weighted by atomic mass is 35.5. The summed E-state index contributed by atoms with van der Waals surface area (Å²) in [7, 11) is 0. The summed E-state index contributed by atoms with van der Waals surface area (Å²) in [6.07, 6.45) is 1.75. The van der Waals surface area contributed by atoms with Gasteiger partial charge in [-0.3, -0.25) is 9.36 Å². The molecule has 2 heterocycles. The van der Waals surface area contributed by atoms with Crippen LogP contribution in [0, 0.1) is 19.8 Å². The van der Waals surface area contributed by atoms with Gasteiger partial charge >= 0.3 is 17.6 Å². The van der Waals surface area contributed by atoms with Crippen LogP contribution in [0.1, 0.15) is 59.2 Å². The van der Waals surface area contributed by atoms with E-state index in [0.717, 1.165) is 16.8 Å². The molecule has 1 amide bonds. The number of rotatable bonds is 11. The minimum absolute atomic E-state index is 0.00107. The monoisotopic (exact) mass is 635 g/mol. The van der Waals surface area contributed by atoms with Gasteiger partial charge in [0, 0.05) is 30.0 Å². The van der Waals surface area contributed by atoms with E-state index in [1.54, 1.807) is 11.5 Å². The van der Waals surface area contributed by atoms with E-state index in [-0.39, 0.29) is 17.5 Å². The van der Waals surface area contributed by atoms with Crippen LogP contribution in [0.2, 0.25) is 5.02 Å². The van der Waals surface area contributed by atoms with Gasteiger partial charge in [-0.05, 0) is 56.5 Å². The van der Waals surface area contributed by atoms with E-state index in [9.17, 15) is 19.2 Å². The molecular formula is C33H38ClN5O6. The van der Waals surface area contributed by atoms with Crippen LogP contribution in [-0.2, 0) is 16.1 Å². The van der Waals surface area contributed by atoms with E-state index >= 15 is 0 Å². The lowest BCUT2D eigenvalue weighted by molar-refractivity contribution is -0.134. The molecule has 0 spiro atoms. The van der Waals surface area contributed by atoms with Crippen molar-refractivity contribution in [3.8, 4) is 0 Å². The second kappa shape index (κ2) is 15.8. The summed E-state index contributed by atoms with van der Waals surface area (Å²) >= 11 is 6.59. The number of hydrogen-bond acceptors (Lipinski definition) is 6. The number of fused-ring (bicyclic) bond motifs is 1. The number of hydrogen-bond donors (Lipinski definition) is 3. The fourth-order valence-corrected chi connectivity index (χ4v) is 5.08. The summed E-state index contributed by atoms with van der Waals surface area (Å²) in [6.45, 7) is 9.15. The predicted octanol–water partition coefficient (Wildman–Crippen LogP) is 4.71. The van der Waals surface area contributed by atoms with Crippen LogP contribution >= 0.6 is 11.6 Å². The number of nitrogens with two attached hydrogens (primary N) is 1. The van der Waals surface area contributed by atoms with E-state index in [4.69, 9.17) is 27.5 Å². The van der Waals surface area contributed by atoms with Crippen molar-refractivity contribution in [3.63, 3.8) is 0 Å². The quantitative estimate of drug-likeness (QED) is 0.200. The molecule has 11 nitrogen and oxygen atoms in total. The van der Waals surface area contributed by atoms with Crippen LogP contribution in [0.5, 0.6) is 0 Å². The van der Waals surface area contributed by atoms with Gasteiger partial charge in [-0.15, -0.1) is 0 Å². The molecule has 45 heavy (non-hydrogen) atoms. The van der Waals surface area contributed by atoms with E-state index in [1.807, 2.05) is 72.5 Å². The van der Waals surface area contributed by atoms with Crippen LogP contribution in [0.15, 0.2) is 77.6 Å². The Bertz CT molecular complexity index is 1710. The van der Waals surface area contributed by atoms with Gasteiger partial charge < -0.3 is 20.8 Å². The van der Waals surface area contributed by atoms with Crippen molar-refractivity contribution in [3.05, 3.63) is 116 Å². The first-order valence-corrected chi connectivity index (χ1v) is 14.8. The third-order valence-corrected chi connectivity index (χ3v) is 7.48. The Hall–Kier alpha value is -4.74. The minimum atomic E-state index is -1.26. The molecule has 0 bridgehead atoms. The number of carbonyl (C=O) groups excluding carboxylic acids is 1. The second-order valence-corrected chi connectivity index (χ2v) is 11.2. The Labute approximate surface area is 266 Å². The number of benzene rings is 2. The van der Waals surface area contributed by atoms with Gasteiger partial charge in [-0.25, -0.2) is 14.4 Å². The highest BCUT2D eigenvalue weighted by Gasteiger charge is 2.32. The maximum absolute atomic E-state index is 13.9. The molecule has 1 atom stereocenters. The molecule has 12 heteroatoms. The lowest BCUT2D eigenvalue weighted by Crippen LogP contribution is -2.42. The van der Waals surface area contributed by atoms with Crippen LogP contribution in [0.25, 0.3) is 5.52 Å². The van der Waals surface area contributed by atoms with Crippen LogP contribution in [-0.4, -0.2) is 60.2 Å². The fraction of sp³-hybridized carbons (Fsp3) is 0.303. The molecule has 0 aliphatic heterocycles. The molecule has 2 aromatic carbocycles. The zero-order valence-electron chi connectivity index (χ0n) is 25.7. The van der Waals surface area contributed by atoms with Crippen LogP contribution < -0.4 is 11.4 Å². The Morgan fingerprint density at radius 1 is 1.00 bits per heavy atom. The summed E-state index contributed by atoms with van der Waals surface area (Å²) in [6, 6.07) is 18.9. The topological polar surface area (TPSA) is 160 Å². The molecule has 2 aromatic heterocycles. The van der Waals surface area contributed by atoms with E-state index in [2.05, 4.69) is 18.9 Å². The van der Waals surface area contributed by atoms with Gasteiger partial charge in [0.25, 0.3) is 5.91 Å². The maximum atomic E-state index is 13.9. The van der Waals surface area contributed by atoms with E-state index < -0.39 is 18.0 Å². The zero-order valence-corrected chi connectivity index (χ0v) is 26.4. The Morgan fingerprint density at radius 3 is 2.13 bits per heavy atom. The first-order chi connectivity index (χ1) is 21.3. The number of aliphatic carboxylic acids is 2. The first kappa shape index (κ1) is 34.7. The third kappa shape index (κ3) is 8.90.